The van der Waals surface area contributed by atoms with E-state index in [4.69, 9.17) is 4.42 Å². The molecular formula is C16H23NO. The molecule has 0 saturated carbocycles. The van der Waals surface area contributed by atoms with Crippen LogP contribution in [0.25, 0.3) is 11.0 Å². The second-order valence-electron chi connectivity index (χ2n) is 4.79. The minimum absolute atomic E-state index is 0.331. The van der Waals surface area contributed by atoms with Crippen LogP contribution in [0.1, 0.15) is 51.0 Å². The Morgan fingerprint density at radius 3 is 2.67 bits per heavy atom. The highest BCUT2D eigenvalue weighted by Crippen LogP contribution is 2.26. The molecule has 0 aliphatic rings. The smallest absolute Gasteiger partial charge is 0.134 e. The largest absolute Gasteiger partial charge is 0.459 e. The third-order valence-electron chi connectivity index (χ3n) is 3.34. The molecule has 98 valence electrons. The highest BCUT2D eigenvalue weighted by Gasteiger charge is 2.13. The van der Waals surface area contributed by atoms with E-state index in [9.17, 15) is 0 Å². The molecule has 1 heterocycles. The van der Waals surface area contributed by atoms with Gasteiger partial charge in [0.05, 0.1) is 6.04 Å². The van der Waals surface area contributed by atoms with E-state index in [1.54, 1.807) is 0 Å². The van der Waals surface area contributed by atoms with Crippen LogP contribution in [0.2, 0.25) is 0 Å². The van der Waals surface area contributed by atoms with Gasteiger partial charge in [0.1, 0.15) is 11.3 Å². The van der Waals surface area contributed by atoms with E-state index in [0.29, 0.717) is 6.04 Å². The fraction of sp³-hybridized carbons (Fsp3) is 0.500. The maximum absolute atomic E-state index is 5.94. The molecule has 0 amide bonds. The van der Waals surface area contributed by atoms with Crippen molar-refractivity contribution in [2.45, 2.75) is 46.1 Å². The molecule has 0 aliphatic carbocycles. The Kier molecular flexibility index (Phi) is 4.43. The Hall–Kier alpha value is -1.28. The zero-order valence-corrected chi connectivity index (χ0v) is 11.6. The van der Waals surface area contributed by atoms with Crippen molar-refractivity contribution in [3.63, 3.8) is 0 Å². The van der Waals surface area contributed by atoms with Crippen molar-refractivity contribution >= 4 is 11.0 Å². The fourth-order valence-corrected chi connectivity index (χ4v) is 2.42. The van der Waals surface area contributed by atoms with E-state index >= 15 is 0 Å². The van der Waals surface area contributed by atoms with Crippen LogP contribution in [0, 0.1) is 0 Å². The highest BCUT2D eigenvalue weighted by molar-refractivity contribution is 5.78. The van der Waals surface area contributed by atoms with Crippen LogP contribution in [0.4, 0.5) is 0 Å². The van der Waals surface area contributed by atoms with Gasteiger partial charge in [0.15, 0.2) is 0 Å². The lowest BCUT2D eigenvalue weighted by atomic mass is 10.1. The molecule has 0 aliphatic heterocycles. The first-order chi connectivity index (χ1) is 8.78. The Balaban J connectivity index is 2.31. The summed E-state index contributed by atoms with van der Waals surface area (Å²) in [5.41, 5.74) is 2.40. The van der Waals surface area contributed by atoms with Gasteiger partial charge in [0.25, 0.3) is 0 Å². The topological polar surface area (TPSA) is 25.2 Å². The summed E-state index contributed by atoms with van der Waals surface area (Å²) in [4.78, 5) is 0. The summed E-state index contributed by atoms with van der Waals surface area (Å²) in [5.74, 6) is 1.06. The van der Waals surface area contributed by atoms with E-state index in [-0.39, 0.29) is 0 Å². The molecule has 2 nitrogen and oxygen atoms in total. The molecule has 1 N–H and O–H groups in total. The van der Waals surface area contributed by atoms with E-state index in [1.165, 1.54) is 17.4 Å². The number of rotatable bonds is 6. The van der Waals surface area contributed by atoms with Crippen molar-refractivity contribution in [2.24, 2.45) is 0 Å². The molecule has 0 saturated heterocycles. The summed E-state index contributed by atoms with van der Waals surface area (Å²) in [6.45, 7) is 7.49. The van der Waals surface area contributed by atoms with Gasteiger partial charge in [-0.25, -0.2) is 0 Å². The Morgan fingerprint density at radius 1 is 1.17 bits per heavy atom. The second kappa shape index (κ2) is 6.05. The number of hydrogen-bond donors (Lipinski definition) is 1. The van der Waals surface area contributed by atoms with Gasteiger partial charge in [0, 0.05) is 5.39 Å². The van der Waals surface area contributed by atoms with Gasteiger partial charge in [-0.1, -0.05) is 33.3 Å². The summed E-state index contributed by atoms with van der Waals surface area (Å²) >= 11 is 0. The molecule has 1 atom stereocenters. The quantitative estimate of drug-likeness (QED) is 0.813. The van der Waals surface area contributed by atoms with Gasteiger partial charge in [-0.05, 0) is 43.1 Å². The highest BCUT2D eigenvalue weighted by atomic mass is 16.3. The molecule has 0 radical (unpaired) electrons. The van der Waals surface area contributed by atoms with Crippen molar-refractivity contribution in [3.05, 3.63) is 35.6 Å². The first-order valence-corrected chi connectivity index (χ1v) is 7.04. The third kappa shape index (κ3) is 2.75. The van der Waals surface area contributed by atoms with Crippen LogP contribution in [-0.2, 0) is 6.42 Å². The third-order valence-corrected chi connectivity index (χ3v) is 3.34. The molecule has 0 fully saturated rings. The summed E-state index contributed by atoms with van der Waals surface area (Å²) in [6.07, 6.45) is 3.38. The summed E-state index contributed by atoms with van der Waals surface area (Å²) in [7, 11) is 0. The van der Waals surface area contributed by atoms with Gasteiger partial charge in [-0.2, -0.15) is 0 Å². The summed E-state index contributed by atoms with van der Waals surface area (Å²) < 4.78 is 5.94. The number of hydrogen-bond acceptors (Lipinski definition) is 2. The van der Waals surface area contributed by atoms with Crippen LogP contribution < -0.4 is 5.32 Å². The molecule has 1 aromatic carbocycles. The standard InChI is InChI=1S/C16H23NO/c1-4-7-12-8-9-15-13(10-12)11-16(18-15)14(5-2)17-6-3/h8-11,14,17H,4-7H2,1-3H3. The summed E-state index contributed by atoms with van der Waals surface area (Å²) in [6, 6.07) is 9.04. The minimum atomic E-state index is 0.331. The lowest BCUT2D eigenvalue weighted by Crippen LogP contribution is -2.19. The lowest BCUT2D eigenvalue weighted by molar-refractivity contribution is 0.428. The van der Waals surface area contributed by atoms with Crippen molar-refractivity contribution < 1.29 is 4.42 Å². The number of nitrogens with one attached hydrogen (secondary N) is 1. The first-order valence-electron chi connectivity index (χ1n) is 7.04. The summed E-state index contributed by atoms with van der Waals surface area (Å²) in [5, 5.41) is 4.68. The number of aryl methyl sites for hydroxylation is 1. The molecule has 18 heavy (non-hydrogen) atoms. The number of fused-ring (bicyclic) bond motifs is 1. The van der Waals surface area contributed by atoms with Gasteiger partial charge >= 0.3 is 0 Å². The van der Waals surface area contributed by atoms with Crippen molar-refractivity contribution in [3.8, 4) is 0 Å². The van der Waals surface area contributed by atoms with Crippen LogP contribution in [0.3, 0.4) is 0 Å². The van der Waals surface area contributed by atoms with Crippen LogP contribution in [0.15, 0.2) is 28.7 Å². The monoisotopic (exact) mass is 245 g/mol. The fourth-order valence-electron chi connectivity index (χ4n) is 2.42. The molecular weight excluding hydrogens is 222 g/mol. The van der Waals surface area contributed by atoms with Crippen molar-refractivity contribution in [1.29, 1.82) is 0 Å². The first kappa shape index (κ1) is 13.2. The number of benzene rings is 1. The molecule has 2 rings (SSSR count). The van der Waals surface area contributed by atoms with Gasteiger partial charge < -0.3 is 9.73 Å². The molecule has 2 aromatic rings. The predicted octanol–water partition coefficient (Wildman–Crippen LogP) is 4.45. The van der Waals surface area contributed by atoms with Gasteiger partial charge in [0.2, 0.25) is 0 Å². The van der Waals surface area contributed by atoms with Crippen LogP contribution in [0.5, 0.6) is 0 Å². The van der Waals surface area contributed by atoms with Crippen LogP contribution in [-0.4, -0.2) is 6.54 Å². The van der Waals surface area contributed by atoms with Gasteiger partial charge in [-0.15, -0.1) is 0 Å². The Morgan fingerprint density at radius 2 is 2.00 bits per heavy atom. The normalized spacial score (nSPS) is 13.1. The number of furan rings is 1. The molecule has 1 aromatic heterocycles. The SMILES string of the molecule is CCCc1ccc2oc(C(CC)NCC)cc2c1. The molecule has 0 bridgehead atoms. The van der Waals surface area contributed by atoms with E-state index in [1.807, 2.05) is 0 Å². The lowest BCUT2D eigenvalue weighted by Gasteiger charge is -2.11. The molecule has 0 spiro atoms. The zero-order chi connectivity index (χ0) is 13.0. The molecule has 2 heteroatoms. The maximum atomic E-state index is 5.94. The van der Waals surface area contributed by atoms with E-state index in [0.717, 1.165) is 30.7 Å². The Bertz CT molecular complexity index is 501. The average molecular weight is 245 g/mol. The molecule has 1 unspecified atom stereocenters. The Labute approximate surface area is 109 Å². The van der Waals surface area contributed by atoms with Gasteiger partial charge in [-0.3, -0.25) is 0 Å². The average Bonchev–Trinajstić information content (AvgIpc) is 2.79. The minimum Gasteiger partial charge on any atom is -0.459 e. The maximum Gasteiger partial charge on any atom is 0.134 e. The van der Waals surface area contributed by atoms with Crippen molar-refractivity contribution in [2.75, 3.05) is 6.54 Å². The predicted molar refractivity (Wildman–Crippen MR) is 76.9 cm³/mol. The van der Waals surface area contributed by atoms with E-state index < -0.39 is 0 Å². The second-order valence-corrected chi connectivity index (χ2v) is 4.79. The van der Waals surface area contributed by atoms with E-state index in [2.05, 4.69) is 50.4 Å². The van der Waals surface area contributed by atoms with Crippen LogP contribution >= 0.6 is 0 Å². The van der Waals surface area contributed by atoms with Crippen molar-refractivity contribution in [1.82, 2.24) is 5.32 Å². The zero-order valence-electron chi connectivity index (χ0n) is 11.6.